The number of nitrogens with zero attached hydrogens (tertiary/aromatic N) is 2. The van der Waals surface area contributed by atoms with Gasteiger partial charge in [0.1, 0.15) is 6.33 Å². The van der Waals surface area contributed by atoms with E-state index in [-0.39, 0.29) is 22.7 Å². The van der Waals surface area contributed by atoms with Gasteiger partial charge >= 0.3 is 6.18 Å². The summed E-state index contributed by atoms with van der Waals surface area (Å²) < 4.78 is 39.9. The standard InChI is InChI=1S/C18H13F3N2O/c1-12-6-5-9-14-16(12)22-11-23(17(14)24)15(10-18(19,20)21)13-7-3-2-4-8-13/h2-11H,1H3/b15-10-. The number of hydrogen-bond donors (Lipinski definition) is 0. The lowest BCUT2D eigenvalue weighted by molar-refractivity contribution is -0.0795. The Hall–Kier alpha value is -2.89. The van der Waals surface area contributed by atoms with Gasteiger partial charge in [-0.25, -0.2) is 4.98 Å². The average Bonchev–Trinajstić information content (AvgIpc) is 2.54. The van der Waals surface area contributed by atoms with Gasteiger partial charge in [-0.05, 0) is 24.1 Å². The first-order valence-electron chi connectivity index (χ1n) is 7.19. The monoisotopic (exact) mass is 330 g/mol. The van der Waals surface area contributed by atoms with E-state index >= 15 is 0 Å². The number of hydrogen-bond acceptors (Lipinski definition) is 2. The third-order valence-corrected chi connectivity index (χ3v) is 3.62. The molecule has 0 amide bonds. The molecule has 0 saturated carbocycles. The van der Waals surface area contributed by atoms with Crippen LogP contribution in [0.3, 0.4) is 0 Å². The van der Waals surface area contributed by atoms with Crippen LogP contribution in [0.4, 0.5) is 13.2 Å². The van der Waals surface area contributed by atoms with E-state index in [0.717, 1.165) is 16.5 Å². The van der Waals surface area contributed by atoms with Crippen molar-refractivity contribution in [2.45, 2.75) is 13.1 Å². The van der Waals surface area contributed by atoms with Gasteiger partial charge in [0.25, 0.3) is 5.56 Å². The van der Waals surface area contributed by atoms with Crippen LogP contribution < -0.4 is 5.56 Å². The van der Waals surface area contributed by atoms with E-state index in [0.29, 0.717) is 5.52 Å². The molecule has 0 saturated heterocycles. The highest BCUT2D eigenvalue weighted by atomic mass is 19.4. The van der Waals surface area contributed by atoms with Gasteiger partial charge in [0.15, 0.2) is 0 Å². The highest BCUT2D eigenvalue weighted by Gasteiger charge is 2.26. The predicted molar refractivity (Wildman–Crippen MR) is 86.6 cm³/mol. The molecule has 0 aliphatic carbocycles. The van der Waals surface area contributed by atoms with Crippen LogP contribution in [0.5, 0.6) is 0 Å². The summed E-state index contributed by atoms with van der Waals surface area (Å²) >= 11 is 0. The maximum absolute atomic E-state index is 13.0. The number of alkyl halides is 3. The van der Waals surface area contributed by atoms with Crippen LogP contribution in [-0.4, -0.2) is 15.7 Å². The summed E-state index contributed by atoms with van der Waals surface area (Å²) in [7, 11) is 0. The van der Waals surface area contributed by atoms with Crippen molar-refractivity contribution in [3.63, 3.8) is 0 Å². The summed E-state index contributed by atoms with van der Waals surface area (Å²) in [4.78, 5) is 16.9. The first kappa shape index (κ1) is 16.0. The van der Waals surface area contributed by atoms with Crippen LogP contribution in [0, 0.1) is 6.92 Å². The molecule has 1 aromatic heterocycles. The van der Waals surface area contributed by atoms with Crippen molar-refractivity contribution < 1.29 is 13.2 Å². The van der Waals surface area contributed by atoms with Crippen molar-refractivity contribution in [3.05, 3.63) is 82.4 Å². The van der Waals surface area contributed by atoms with Crippen molar-refractivity contribution in [2.75, 3.05) is 0 Å². The minimum Gasteiger partial charge on any atom is -0.268 e. The Morgan fingerprint density at radius 1 is 1.08 bits per heavy atom. The van der Waals surface area contributed by atoms with E-state index in [1.54, 1.807) is 43.3 Å². The fraction of sp³-hybridized carbons (Fsp3) is 0.111. The molecule has 0 N–H and O–H groups in total. The Balaban J connectivity index is 2.31. The van der Waals surface area contributed by atoms with E-state index in [1.165, 1.54) is 12.1 Å². The maximum atomic E-state index is 13.0. The van der Waals surface area contributed by atoms with Crippen LogP contribution in [0.15, 0.2) is 65.7 Å². The molecule has 0 unspecified atom stereocenters. The third kappa shape index (κ3) is 3.08. The molecule has 1 heterocycles. The van der Waals surface area contributed by atoms with Crippen molar-refractivity contribution in [2.24, 2.45) is 0 Å². The van der Waals surface area contributed by atoms with Crippen LogP contribution >= 0.6 is 0 Å². The Morgan fingerprint density at radius 3 is 2.46 bits per heavy atom. The molecule has 0 spiro atoms. The number of rotatable bonds is 2. The highest BCUT2D eigenvalue weighted by Crippen LogP contribution is 2.25. The number of aryl methyl sites for hydroxylation is 1. The first-order valence-corrected chi connectivity index (χ1v) is 7.19. The smallest absolute Gasteiger partial charge is 0.268 e. The van der Waals surface area contributed by atoms with Crippen molar-refractivity contribution in [3.8, 4) is 0 Å². The summed E-state index contributed by atoms with van der Waals surface area (Å²) in [5.41, 5.74) is 0.758. The van der Waals surface area contributed by atoms with Gasteiger partial charge in [0, 0.05) is 6.08 Å². The molecule has 0 aliphatic rings. The molecule has 0 aliphatic heterocycles. The van der Waals surface area contributed by atoms with Gasteiger partial charge in [0.2, 0.25) is 0 Å². The molecular formula is C18H13F3N2O. The van der Waals surface area contributed by atoms with Crippen LogP contribution in [0.25, 0.3) is 16.6 Å². The topological polar surface area (TPSA) is 34.9 Å². The molecule has 3 aromatic rings. The fourth-order valence-electron chi connectivity index (χ4n) is 2.53. The molecule has 0 bridgehead atoms. The molecule has 0 atom stereocenters. The van der Waals surface area contributed by atoms with Gasteiger partial charge in [-0.3, -0.25) is 9.36 Å². The number of aromatic nitrogens is 2. The Morgan fingerprint density at radius 2 is 1.79 bits per heavy atom. The van der Waals surface area contributed by atoms with E-state index in [4.69, 9.17) is 0 Å². The second-order valence-corrected chi connectivity index (χ2v) is 5.33. The SMILES string of the molecule is Cc1cccc2c(=O)n(/C(=C\C(F)(F)F)c3ccccc3)cnc12. The van der Waals surface area contributed by atoms with Gasteiger partial charge in [-0.15, -0.1) is 0 Å². The molecule has 0 fully saturated rings. The molecule has 2 aromatic carbocycles. The predicted octanol–water partition coefficient (Wildman–Crippen LogP) is 4.16. The maximum Gasteiger partial charge on any atom is 0.411 e. The lowest BCUT2D eigenvalue weighted by Crippen LogP contribution is -2.22. The first-order chi connectivity index (χ1) is 11.4. The molecule has 122 valence electrons. The minimum atomic E-state index is -4.56. The zero-order valence-corrected chi connectivity index (χ0v) is 12.7. The summed E-state index contributed by atoms with van der Waals surface area (Å²) in [5.74, 6) is 0. The van der Waals surface area contributed by atoms with Gasteiger partial charge < -0.3 is 0 Å². The number of benzene rings is 2. The zero-order valence-electron chi connectivity index (χ0n) is 12.7. The Labute approximate surface area is 135 Å². The largest absolute Gasteiger partial charge is 0.411 e. The second-order valence-electron chi connectivity index (χ2n) is 5.33. The molecule has 6 heteroatoms. The second kappa shape index (κ2) is 5.96. The summed E-state index contributed by atoms with van der Waals surface area (Å²) in [6, 6.07) is 13.0. The molecule has 3 rings (SSSR count). The summed E-state index contributed by atoms with van der Waals surface area (Å²) in [6.45, 7) is 1.79. The summed E-state index contributed by atoms with van der Waals surface area (Å²) in [5, 5.41) is 0.279. The lowest BCUT2D eigenvalue weighted by Gasteiger charge is -2.13. The number of halogens is 3. The zero-order chi connectivity index (χ0) is 17.3. The van der Waals surface area contributed by atoms with Crippen molar-refractivity contribution >= 4 is 16.6 Å². The van der Waals surface area contributed by atoms with Crippen LogP contribution in [0.1, 0.15) is 11.1 Å². The number of fused-ring (bicyclic) bond motifs is 1. The third-order valence-electron chi connectivity index (χ3n) is 3.62. The lowest BCUT2D eigenvalue weighted by atomic mass is 10.1. The van der Waals surface area contributed by atoms with Gasteiger partial charge in [-0.1, -0.05) is 42.5 Å². The Bertz CT molecular complexity index is 973. The van der Waals surface area contributed by atoms with Gasteiger partial charge in [-0.2, -0.15) is 13.2 Å². The van der Waals surface area contributed by atoms with Crippen LogP contribution in [0.2, 0.25) is 0 Å². The molecule has 0 radical (unpaired) electrons. The van der Waals surface area contributed by atoms with E-state index in [9.17, 15) is 18.0 Å². The van der Waals surface area contributed by atoms with Gasteiger partial charge in [0.05, 0.1) is 16.6 Å². The van der Waals surface area contributed by atoms with Crippen LogP contribution in [-0.2, 0) is 0 Å². The quantitative estimate of drug-likeness (QED) is 0.707. The molecule has 24 heavy (non-hydrogen) atoms. The van der Waals surface area contributed by atoms with E-state index < -0.39 is 11.7 Å². The fourth-order valence-corrected chi connectivity index (χ4v) is 2.53. The van der Waals surface area contributed by atoms with E-state index in [2.05, 4.69) is 4.98 Å². The summed E-state index contributed by atoms with van der Waals surface area (Å²) in [6.07, 6.45) is -3.30. The normalized spacial score (nSPS) is 12.6. The highest BCUT2D eigenvalue weighted by molar-refractivity contribution is 5.81. The number of para-hydroxylation sites is 1. The minimum absolute atomic E-state index is 0.118. The van der Waals surface area contributed by atoms with E-state index in [1.807, 2.05) is 0 Å². The molecular weight excluding hydrogens is 317 g/mol. The average molecular weight is 330 g/mol. The van der Waals surface area contributed by atoms with Crippen molar-refractivity contribution in [1.82, 2.24) is 9.55 Å². The molecule has 3 nitrogen and oxygen atoms in total. The van der Waals surface area contributed by atoms with Crippen molar-refractivity contribution in [1.29, 1.82) is 0 Å². The number of allylic oxidation sites excluding steroid dienone is 1. The Kier molecular flexibility index (Phi) is 3.97.